The van der Waals surface area contributed by atoms with Crippen molar-refractivity contribution in [1.29, 1.82) is 0 Å². The molecule has 0 bridgehead atoms. The van der Waals surface area contributed by atoms with Crippen molar-refractivity contribution in [3.05, 3.63) is 47.5 Å². The number of aromatic nitrogens is 3. The highest BCUT2D eigenvalue weighted by atomic mass is 16.2. The Morgan fingerprint density at radius 1 is 1.21 bits per heavy atom. The highest BCUT2D eigenvalue weighted by molar-refractivity contribution is 6.35. The van der Waals surface area contributed by atoms with Crippen molar-refractivity contribution >= 4 is 17.7 Å². The number of carbonyl (C=O) groups excluding carboxylic acids is 3. The topological polar surface area (TPSA) is 111 Å². The molecule has 9 heteroatoms. The van der Waals surface area contributed by atoms with E-state index in [0.29, 0.717) is 36.8 Å². The molecule has 1 aliphatic heterocycles. The van der Waals surface area contributed by atoms with E-state index < -0.39 is 17.9 Å². The van der Waals surface area contributed by atoms with Crippen molar-refractivity contribution in [2.24, 2.45) is 0 Å². The molecule has 1 aliphatic rings. The van der Waals surface area contributed by atoms with Gasteiger partial charge in [-0.3, -0.25) is 19.5 Å². The lowest BCUT2D eigenvalue weighted by molar-refractivity contribution is -0.159. The average molecular weight is 398 g/mol. The first kappa shape index (κ1) is 20.5. The molecule has 2 aromatic rings. The molecule has 1 aromatic carbocycles. The van der Waals surface area contributed by atoms with E-state index in [1.165, 1.54) is 4.90 Å². The lowest BCUT2D eigenvalue weighted by atomic mass is 10.0. The maximum atomic E-state index is 13.0. The van der Waals surface area contributed by atoms with Gasteiger partial charge in [-0.15, -0.1) is 0 Å². The van der Waals surface area contributed by atoms with Gasteiger partial charge in [0.2, 0.25) is 5.91 Å². The Labute approximate surface area is 169 Å². The van der Waals surface area contributed by atoms with E-state index in [0.717, 1.165) is 12.8 Å². The minimum Gasteiger partial charge on any atom is -0.347 e. The largest absolute Gasteiger partial charge is 0.347 e. The third-order valence-corrected chi connectivity index (χ3v) is 4.86. The molecule has 2 N–H and O–H groups in total. The maximum Gasteiger partial charge on any atom is 0.313 e. The Morgan fingerprint density at radius 2 is 1.97 bits per heavy atom. The van der Waals surface area contributed by atoms with E-state index in [2.05, 4.69) is 20.5 Å². The summed E-state index contributed by atoms with van der Waals surface area (Å²) in [6.45, 7) is 5.22. The van der Waals surface area contributed by atoms with Crippen LogP contribution >= 0.6 is 0 Å². The normalized spacial score (nSPS) is 15.5. The lowest BCUT2D eigenvalue weighted by Gasteiger charge is -2.38. The number of H-pyrrole nitrogens is 1. The van der Waals surface area contributed by atoms with Crippen molar-refractivity contribution in [2.45, 2.75) is 39.3 Å². The summed E-state index contributed by atoms with van der Waals surface area (Å²) < 4.78 is 0. The summed E-state index contributed by atoms with van der Waals surface area (Å²) in [5.41, 5.74) is 0.652. The summed E-state index contributed by atoms with van der Waals surface area (Å²) in [4.78, 5) is 45.5. The molecule has 0 unspecified atom stereocenters. The molecule has 29 heavy (non-hydrogen) atoms. The quantitative estimate of drug-likeness (QED) is 0.643. The summed E-state index contributed by atoms with van der Waals surface area (Å²) in [7, 11) is 0. The minimum atomic E-state index is -0.888. The van der Waals surface area contributed by atoms with Gasteiger partial charge in [0.05, 0.1) is 6.54 Å². The standard InChI is InChI=1S/C20H26N6O3/c1-3-4-10-25-11-12-26(20(29)19(25)28)17(15-8-6-5-7-9-15)18(27)21-13-16-22-14(2)23-24-16/h5-9,17H,3-4,10-13H2,1-2H3,(H,21,27)(H,22,23,24)/t17-/m1/s1. The molecule has 0 aliphatic carbocycles. The number of hydrogen-bond donors (Lipinski definition) is 2. The van der Waals surface area contributed by atoms with Gasteiger partial charge in [0, 0.05) is 19.6 Å². The molecule has 0 radical (unpaired) electrons. The van der Waals surface area contributed by atoms with Crippen LogP contribution in [-0.2, 0) is 20.9 Å². The Kier molecular flexibility index (Phi) is 6.58. The monoisotopic (exact) mass is 398 g/mol. The van der Waals surface area contributed by atoms with Gasteiger partial charge in [0.1, 0.15) is 11.9 Å². The van der Waals surface area contributed by atoms with Gasteiger partial charge in [-0.1, -0.05) is 43.7 Å². The number of amides is 3. The first-order valence-corrected chi connectivity index (χ1v) is 9.81. The fourth-order valence-electron chi connectivity index (χ4n) is 3.34. The highest BCUT2D eigenvalue weighted by Gasteiger charge is 2.39. The molecular formula is C20H26N6O3. The number of rotatable bonds is 8. The second-order valence-corrected chi connectivity index (χ2v) is 7.01. The van der Waals surface area contributed by atoms with Crippen LogP contribution in [0.15, 0.2) is 30.3 Å². The van der Waals surface area contributed by atoms with Crippen molar-refractivity contribution in [1.82, 2.24) is 30.3 Å². The zero-order valence-corrected chi connectivity index (χ0v) is 16.7. The molecule has 9 nitrogen and oxygen atoms in total. The van der Waals surface area contributed by atoms with E-state index in [-0.39, 0.29) is 12.5 Å². The van der Waals surface area contributed by atoms with Crippen LogP contribution in [0.2, 0.25) is 0 Å². The van der Waals surface area contributed by atoms with Crippen LogP contribution in [0.5, 0.6) is 0 Å². The van der Waals surface area contributed by atoms with E-state index in [1.54, 1.807) is 36.1 Å². The van der Waals surface area contributed by atoms with E-state index in [9.17, 15) is 14.4 Å². The number of nitrogens with one attached hydrogen (secondary N) is 2. The number of nitrogens with zero attached hydrogens (tertiary/aromatic N) is 4. The van der Waals surface area contributed by atoms with E-state index in [1.807, 2.05) is 13.0 Å². The van der Waals surface area contributed by atoms with Crippen LogP contribution in [0.1, 0.15) is 43.0 Å². The van der Waals surface area contributed by atoms with Crippen LogP contribution in [-0.4, -0.2) is 62.3 Å². The summed E-state index contributed by atoms with van der Waals surface area (Å²) in [5.74, 6) is -0.470. The lowest BCUT2D eigenvalue weighted by Crippen LogP contribution is -2.57. The Balaban J connectivity index is 1.78. The third kappa shape index (κ3) is 4.79. The van der Waals surface area contributed by atoms with Gasteiger partial charge in [0.25, 0.3) is 0 Å². The fraction of sp³-hybridized carbons (Fsp3) is 0.450. The van der Waals surface area contributed by atoms with Gasteiger partial charge in [-0.2, -0.15) is 5.10 Å². The van der Waals surface area contributed by atoms with Crippen molar-refractivity contribution in [3.8, 4) is 0 Å². The van der Waals surface area contributed by atoms with Crippen molar-refractivity contribution in [3.63, 3.8) is 0 Å². The second-order valence-electron chi connectivity index (χ2n) is 7.01. The van der Waals surface area contributed by atoms with Crippen LogP contribution < -0.4 is 5.32 Å². The third-order valence-electron chi connectivity index (χ3n) is 4.86. The Morgan fingerprint density at radius 3 is 2.62 bits per heavy atom. The van der Waals surface area contributed by atoms with Gasteiger partial charge >= 0.3 is 11.8 Å². The van der Waals surface area contributed by atoms with Gasteiger partial charge < -0.3 is 15.1 Å². The van der Waals surface area contributed by atoms with Crippen molar-refractivity contribution < 1.29 is 14.4 Å². The molecule has 0 saturated carbocycles. The van der Waals surface area contributed by atoms with Crippen molar-refractivity contribution in [2.75, 3.05) is 19.6 Å². The van der Waals surface area contributed by atoms with Crippen LogP contribution in [0, 0.1) is 6.92 Å². The van der Waals surface area contributed by atoms with Gasteiger partial charge in [-0.05, 0) is 18.9 Å². The average Bonchev–Trinajstić information content (AvgIpc) is 3.15. The molecular weight excluding hydrogens is 372 g/mol. The molecule has 154 valence electrons. The van der Waals surface area contributed by atoms with E-state index >= 15 is 0 Å². The highest BCUT2D eigenvalue weighted by Crippen LogP contribution is 2.24. The molecule has 3 rings (SSSR count). The predicted octanol–water partition coefficient (Wildman–Crippen LogP) is 0.942. The molecule has 2 heterocycles. The fourth-order valence-corrected chi connectivity index (χ4v) is 3.34. The Hall–Kier alpha value is -3.23. The van der Waals surface area contributed by atoms with Crippen LogP contribution in [0.25, 0.3) is 0 Å². The van der Waals surface area contributed by atoms with Crippen LogP contribution in [0.4, 0.5) is 0 Å². The zero-order chi connectivity index (χ0) is 20.8. The zero-order valence-electron chi connectivity index (χ0n) is 16.7. The number of carbonyl (C=O) groups is 3. The predicted molar refractivity (Wildman–Crippen MR) is 105 cm³/mol. The maximum absolute atomic E-state index is 13.0. The molecule has 1 saturated heterocycles. The number of aromatic amines is 1. The smallest absolute Gasteiger partial charge is 0.313 e. The van der Waals surface area contributed by atoms with Gasteiger partial charge in [-0.25, -0.2) is 4.98 Å². The molecule has 0 spiro atoms. The number of hydrogen-bond acceptors (Lipinski definition) is 5. The SMILES string of the molecule is CCCCN1CCN([C@@H](C(=O)NCc2n[nH]c(C)n2)c2ccccc2)C(=O)C1=O. The summed E-state index contributed by atoms with van der Waals surface area (Å²) in [6.07, 6.45) is 1.79. The summed E-state index contributed by atoms with van der Waals surface area (Å²) in [5, 5.41) is 9.52. The van der Waals surface area contributed by atoms with E-state index in [4.69, 9.17) is 0 Å². The minimum absolute atomic E-state index is 0.130. The molecule has 1 aromatic heterocycles. The number of piperazine rings is 1. The number of unbranched alkanes of at least 4 members (excludes halogenated alkanes) is 1. The first-order chi connectivity index (χ1) is 14.0. The Bertz CT molecular complexity index is 866. The first-order valence-electron chi connectivity index (χ1n) is 9.81. The number of aryl methyl sites for hydroxylation is 1. The summed E-state index contributed by atoms with van der Waals surface area (Å²) in [6, 6.07) is 8.12. The number of benzene rings is 1. The molecule has 1 atom stereocenters. The van der Waals surface area contributed by atoms with Crippen LogP contribution in [0.3, 0.4) is 0 Å². The molecule has 3 amide bonds. The summed E-state index contributed by atoms with van der Waals surface area (Å²) >= 11 is 0. The van der Waals surface area contributed by atoms with Gasteiger partial charge in [0.15, 0.2) is 5.82 Å². The second kappa shape index (κ2) is 9.31. The molecule has 1 fully saturated rings.